The summed E-state index contributed by atoms with van der Waals surface area (Å²) in [7, 11) is 0. The first-order valence-corrected chi connectivity index (χ1v) is 9.32. The predicted octanol–water partition coefficient (Wildman–Crippen LogP) is 2.77. The lowest BCUT2D eigenvalue weighted by Gasteiger charge is -2.29. The molecule has 0 unspecified atom stereocenters. The lowest BCUT2D eigenvalue weighted by molar-refractivity contribution is -0.892. The van der Waals surface area contributed by atoms with Gasteiger partial charge in [0.25, 0.3) is 0 Å². The molecule has 1 aliphatic rings. The molecule has 2 heteroatoms. The Morgan fingerprint density at radius 3 is 2.26 bits per heavy atom. The Labute approximate surface area is 141 Å². The summed E-state index contributed by atoms with van der Waals surface area (Å²) >= 11 is 0. The van der Waals surface area contributed by atoms with E-state index in [0.717, 1.165) is 38.0 Å². The minimum absolute atomic E-state index is 0.276. The third kappa shape index (κ3) is 4.83. The summed E-state index contributed by atoms with van der Waals surface area (Å²) in [5, 5.41) is 11.4. The van der Waals surface area contributed by atoms with E-state index in [1.165, 1.54) is 30.6 Å². The Morgan fingerprint density at radius 1 is 1.09 bits per heavy atom. The van der Waals surface area contributed by atoms with Gasteiger partial charge >= 0.3 is 0 Å². The van der Waals surface area contributed by atoms with Gasteiger partial charge in [0, 0.05) is 5.92 Å². The molecule has 0 radical (unpaired) electrons. The first kappa shape index (κ1) is 18.0. The van der Waals surface area contributed by atoms with Crippen LogP contribution in [0.1, 0.15) is 57.9 Å². The fourth-order valence-corrected chi connectivity index (χ4v) is 3.76. The van der Waals surface area contributed by atoms with Crippen LogP contribution in [0.5, 0.6) is 0 Å². The number of hydrogen-bond donors (Lipinski definition) is 2. The van der Waals surface area contributed by atoms with E-state index in [9.17, 15) is 5.11 Å². The Kier molecular flexibility index (Phi) is 7.15. The highest BCUT2D eigenvalue weighted by atomic mass is 16.3. The highest BCUT2D eigenvalue weighted by Crippen LogP contribution is 2.40. The van der Waals surface area contributed by atoms with Gasteiger partial charge in [0.15, 0.2) is 5.60 Å². The predicted molar refractivity (Wildman–Crippen MR) is 96.2 cm³/mol. The fourth-order valence-electron chi connectivity index (χ4n) is 3.76. The van der Waals surface area contributed by atoms with E-state index in [0.29, 0.717) is 0 Å². The third-order valence-corrected chi connectivity index (χ3v) is 4.98. The van der Waals surface area contributed by atoms with Crippen molar-refractivity contribution in [3.05, 3.63) is 35.9 Å². The van der Waals surface area contributed by atoms with Gasteiger partial charge in [-0.15, -0.1) is 0 Å². The van der Waals surface area contributed by atoms with Crippen LogP contribution in [0.2, 0.25) is 0 Å². The van der Waals surface area contributed by atoms with Gasteiger partial charge in [0.1, 0.15) is 6.54 Å². The van der Waals surface area contributed by atoms with Crippen LogP contribution in [-0.2, 0) is 5.60 Å². The van der Waals surface area contributed by atoms with Crippen LogP contribution in [0, 0.1) is 17.8 Å². The van der Waals surface area contributed by atoms with Gasteiger partial charge in [-0.3, -0.25) is 0 Å². The molecule has 23 heavy (non-hydrogen) atoms. The Balaban J connectivity index is 2.17. The summed E-state index contributed by atoms with van der Waals surface area (Å²) in [5.41, 5.74) is -0.00618. The highest BCUT2D eigenvalue weighted by molar-refractivity contribution is 5.33. The Bertz CT molecular complexity index is 504. The third-order valence-electron chi connectivity index (χ3n) is 4.98. The maximum absolute atomic E-state index is 11.4. The molecule has 1 aliphatic carbocycles. The van der Waals surface area contributed by atoms with Crippen molar-refractivity contribution < 1.29 is 10.0 Å². The zero-order valence-corrected chi connectivity index (χ0v) is 14.8. The van der Waals surface area contributed by atoms with Crippen molar-refractivity contribution >= 4 is 0 Å². The lowest BCUT2D eigenvalue weighted by Crippen LogP contribution is -3.11. The molecule has 126 valence electrons. The van der Waals surface area contributed by atoms with E-state index in [1.807, 2.05) is 30.3 Å². The minimum atomic E-state index is -0.971. The molecule has 0 amide bonds. The monoisotopic (exact) mass is 314 g/mol. The molecule has 0 heterocycles. The first-order valence-electron chi connectivity index (χ1n) is 9.32. The number of nitrogens with one attached hydrogen (secondary N) is 1. The lowest BCUT2D eigenvalue weighted by atomic mass is 9.80. The zero-order valence-electron chi connectivity index (χ0n) is 14.8. The average Bonchev–Trinajstić information content (AvgIpc) is 3.11. The number of rotatable bonds is 7. The number of benzene rings is 1. The largest absolute Gasteiger partial charge is 0.373 e. The highest BCUT2D eigenvalue weighted by Gasteiger charge is 2.38. The number of aliphatic hydroxyl groups is 1. The van der Waals surface area contributed by atoms with Gasteiger partial charge in [-0.05, 0) is 37.2 Å². The van der Waals surface area contributed by atoms with Crippen molar-refractivity contribution in [3.8, 4) is 11.8 Å². The van der Waals surface area contributed by atoms with Crippen LogP contribution in [-0.4, -0.2) is 24.7 Å². The van der Waals surface area contributed by atoms with Crippen molar-refractivity contribution in [1.29, 1.82) is 0 Å². The Hall–Kier alpha value is -1.30. The van der Waals surface area contributed by atoms with E-state index in [-0.39, 0.29) is 5.92 Å². The van der Waals surface area contributed by atoms with Crippen molar-refractivity contribution in [3.63, 3.8) is 0 Å². The van der Waals surface area contributed by atoms with Crippen molar-refractivity contribution in [1.82, 2.24) is 0 Å². The van der Waals surface area contributed by atoms with Crippen LogP contribution in [0.4, 0.5) is 0 Å². The summed E-state index contributed by atoms with van der Waals surface area (Å²) in [4.78, 5) is 1.53. The summed E-state index contributed by atoms with van der Waals surface area (Å²) in [6.07, 6.45) is 6.96. The number of quaternary nitrogens is 1. The van der Waals surface area contributed by atoms with Gasteiger partial charge in [0.2, 0.25) is 0 Å². The SMILES string of the molecule is CCC[NH+](CC#C[C@@](O)(c1ccccc1)C1CCCC1)CCC. The molecule has 1 atom stereocenters. The van der Waals surface area contributed by atoms with Crippen molar-refractivity contribution in [2.24, 2.45) is 5.92 Å². The van der Waals surface area contributed by atoms with Crippen LogP contribution in [0.15, 0.2) is 30.3 Å². The molecular formula is C21H32NO+. The summed E-state index contributed by atoms with van der Waals surface area (Å²) in [6, 6.07) is 10.1. The summed E-state index contributed by atoms with van der Waals surface area (Å²) in [5.74, 6) is 6.90. The van der Waals surface area contributed by atoms with Gasteiger partial charge < -0.3 is 10.0 Å². The number of hydrogen-bond acceptors (Lipinski definition) is 1. The molecule has 2 N–H and O–H groups in total. The molecule has 1 aromatic rings. The smallest absolute Gasteiger partial charge is 0.153 e. The molecule has 0 bridgehead atoms. The van der Waals surface area contributed by atoms with E-state index in [1.54, 1.807) is 0 Å². The second-order valence-electron chi connectivity index (χ2n) is 6.84. The summed E-state index contributed by atoms with van der Waals surface area (Å²) in [6.45, 7) is 7.61. The molecule has 1 aromatic carbocycles. The Morgan fingerprint density at radius 2 is 1.70 bits per heavy atom. The van der Waals surface area contributed by atoms with Crippen molar-refractivity contribution in [2.45, 2.75) is 58.0 Å². The molecular weight excluding hydrogens is 282 g/mol. The molecule has 0 spiro atoms. The second-order valence-corrected chi connectivity index (χ2v) is 6.84. The zero-order chi connectivity index (χ0) is 16.5. The minimum Gasteiger partial charge on any atom is -0.373 e. The van der Waals surface area contributed by atoms with Crippen molar-refractivity contribution in [2.75, 3.05) is 19.6 Å². The molecule has 0 aliphatic heterocycles. The molecule has 2 nitrogen and oxygen atoms in total. The summed E-state index contributed by atoms with van der Waals surface area (Å²) < 4.78 is 0. The standard InChI is InChI=1S/C21H31NO/c1-3-16-22(17-4-2)18-10-15-21(23,20-13-8-9-14-20)19-11-6-5-7-12-19/h5-7,11-12,20,23H,3-4,8-9,13-14,16-18H2,1-2H3/p+1/t21-/m1/s1. The van der Waals surface area contributed by atoms with Crippen LogP contribution in [0.3, 0.4) is 0 Å². The maximum atomic E-state index is 11.4. The molecule has 1 saturated carbocycles. The van der Waals surface area contributed by atoms with Crippen LogP contribution < -0.4 is 4.90 Å². The normalized spacial score (nSPS) is 17.7. The fraction of sp³-hybridized carbons (Fsp3) is 0.619. The maximum Gasteiger partial charge on any atom is 0.153 e. The van der Waals surface area contributed by atoms with Gasteiger partial charge in [-0.2, -0.15) is 0 Å². The second kappa shape index (κ2) is 9.11. The van der Waals surface area contributed by atoms with Crippen LogP contribution >= 0.6 is 0 Å². The van der Waals surface area contributed by atoms with E-state index in [4.69, 9.17) is 0 Å². The van der Waals surface area contributed by atoms with Gasteiger partial charge in [0.05, 0.1) is 13.1 Å². The topological polar surface area (TPSA) is 24.7 Å². The first-order chi connectivity index (χ1) is 11.2. The van der Waals surface area contributed by atoms with Gasteiger partial charge in [-0.25, -0.2) is 0 Å². The van der Waals surface area contributed by atoms with Gasteiger partial charge in [-0.1, -0.05) is 62.9 Å². The average molecular weight is 314 g/mol. The molecule has 1 fully saturated rings. The van der Waals surface area contributed by atoms with E-state index >= 15 is 0 Å². The molecule has 0 saturated heterocycles. The molecule has 0 aromatic heterocycles. The van der Waals surface area contributed by atoms with E-state index < -0.39 is 5.60 Å². The molecule has 2 rings (SSSR count). The quantitative estimate of drug-likeness (QED) is 0.743. The van der Waals surface area contributed by atoms with E-state index in [2.05, 4.69) is 25.7 Å². The van der Waals surface area contributed by atoms with Crippen LogP contribution in [0.25, 0.3) is 0 Å².